The van der Waals surface area contributed by atoms with Crippen LogP contribution in [-0.2, 0) is 52.3 Å². The highest BCUT2D eigenvalue weighted by Crippen LogP contribution is 2.39. The second kappa shape index (κ2) is 14.7. The van der Waals surface area contributed by atoms with Crippen molar-refractivity contribution in [2.75, 3.05) is 19.8 Å². The first-order valence-electron chi connectivity index (χ1n) is 13.0. The van der Waals surface area contributed by atoms with Crippen LogP contribution in [0.3, 0.4) is 0 Å². The second-order valence-electron chi connectivity index (χ2n) is 9.72. The van der Waals surface area contributed by atoms with Gasteiger partial charge in [-0.15, -0.1) is 0 Å². The van der Waals surface area contributed by atoms with Gasteiger partial charge in [0, 0.05) is 26.8 Å². The van der Waals surface area contributed by atoms with Crippen LogP contribution in [-0.4, -0.2) is 124 Å². The van der Waals surface area contributed by atoms with Gasteiger partial charge in [-0.2, -0.15) is 0 Å². The van der Waals surface area contributed by atoms with Crippen molar-refractivity contribution in [1.82, 2.24) is 0 Å². The standard InChI is InChI=1S/C27H34O16/c1-13(29)37-11-19-22(35)25(41-20(33)9-6-16-4-7-17(32)8-5-16)27(42-19,12-38-14(2)30)43-26-24(39-15(3)31)23(36)21(34)18(10-28)40-26/h4-9,18-19,21-26,28,32,34-36H,10-12H2,1-3H3/t18-,19-,21-,22-,23+,24-,25+,26-,27+/m1/s1. The molecule has 0 aliphatic carbocycles. The number of aliphatic hydroxyl groups excluding tert-OH is 4. The predicted octanol–water partition coefficient (Wildman–Crippen LogP) is -1.71. The summed E-state index contributed by atoms with van der Waals surface area (Å²) in [6.07, 6.45) is -11.4. The summed E-state index contributed by atoms with van der Waals surface area (Å²) in [4.78, 5) is 48.0. The van der Waals surface area contributed by atoms with Crippen LogP contribution in [0.25, 0.3) is 6.08 Å². The normalized spacial score (nSPS) is 32.3. The number of benzene rings is 1. The highest BCUT2D eigenvalue weighted by molar-refractivity contribution is 5.87. The Bertz CT molecular complexity index is 1170. The van der Waals surface area contributed by atoms with Gasteiger partial charge < -0.3 is 58.7 Å². The number of aromatic hydroxyl groups is 1. The lowest BCUT2D eigenvalue weighted by atomic mass is 9.98. The molecule has 16 heteroatoms. The number of carbonyl (C=O) groups excluding carboxylic acids is 4. The molecule has 5 N–H and O–H groups in total. The zero-order chi connectivity index (χ0) is 31.9. The molecule has 1 aromatic carbocycles. The highest BCUT2D eigenvalue weighted by atomic mass is 16.8. The van der Waals surface area contributed by atoms with E-state index in [-0.39, 0.29) is 5.75 Å². The van der Waals surface area contributed by atoms with E-state index in [0.29, 0.717) is 5.56 Å². The Labute approximate surface area is 245 Å². The minimum Gasteiger partial charge on any atom is -0.508 e. The Kier molecular flexibility index (Phi) is 11.6. The van der Waals surface area contributed by atoms with E-state index in [2.05, 4.69) is 0 Å². The van der Waals surface area contributed by atoms with Gasteiger partial charge in [-0.3, -0.25) is 14.4 Å². The lowest BCUT2D eigenvalue weighted by Gasteiger charge is -2.44. The molecule has 2 fully saturated rings. The van der Waals surface area contributed by atoms with Crippen LogP contribution in [0.4, 0.5) is 0 Å². The largest absolute Gasteiger partial charge is 0.508 e. The van der Waals surface area contributed by atoms with Gasteiger partial charge in [-0.1, -0.05) is 12.1 Å². The van der Waals surface area contributed by atoms with Gasteiger partial charge in [-0.25, -0.2) is 4.79 Å². The summed E-state index contributed by atoms with van der Waals surface area (Å²) in [6.45, 7) is 0.872. The number of hydrogen-bond acceptors (Lipinski definition) is 16. The first-order chi connectivity index (χ1) is 20.3. The molecule has 1 aromatic rings. The highest BCUT2D eigenvalue weighted by Gasteiger charge is 2.62. The third-order valence-corrected chi connectivity index (χ3v) is 6.39. The monoisotopic (exact) mass is 614 g/mol. The fourth-order valence-electron chi connectivity index (χ4n) is 4.37. The van der Waals surface area contributed by atoms with E-state index >= 15 is 0 Å². The Hall–Kier alpha value is -3.64. The van der Waals surface area contributed by atoms with E-state index in [0.717, 1.165) is 26.8 Å². The van der Waals surface area contributed by atoms with E-state index in [9.17, 15) is 44.7 Å². The molecule has 0 amide bonds. The van der Waals surface area contributed by atoms with Crippen molar-refractivity contribution in [3.63, 3.8) is 0 Å². The van der Waals surface area contributed by atoms with E-state index < -0.39 is 98.5 Å². The van der Waals surface area contributed by atoms with Gasteiger partial charge in [0.05, 0.1) is 6.61 Å². The molecule has 238 valence electrons. The quantitative estimate of drug-likeness (QED) is 0.106. The zero-order valence-electron chi connectivity index (χ0n) is 23.4. The summed E-state index contributed by atoms with van der Waals surface area (Å²) in [6, 6.07) is 5.77. The SMILES string of the molecule is CC(=O)OC[C@H]1O[C@@](COC(C)=O)(O[C@H]2O[C@H](CO)[C@@H](O)[C@H](O)[C@H]2OC(C)=O)[C@@H](OC(=O)C=Cc2ccc(O)cc2)[C@@H]1O. The molecule has 3 rings (SSSR count). The fraction of sp³-hybridized carbons (Fsp3) is 0.556. The Balaban J connectivity index is 2.00. The number of ether oxygens (including phenoxy) is 7. The average Bonchev–Trinajstić information content (AvgIpc) is 3.20. The van der Waals surface area contributed by atoms with Crippen LogP contribution in [0.1, 0.15) is 26.3 Å². The molecule has 2 aliphatic rings. The van der Waals surface area contributed by atoms with Crippen LogP contribution in [0.2, 0.25) is 0 Å². The summed E-state index contributed by atoms with van der Waals surface area (Å²) in [5.41, 5.74) is 0.496. The number of rotatable bonds is 11. The molecule has 2 heterocycles. The minimum absolute atomic E-state index is 0.00441. The molecule has 2 saturated heterocycles. The van der Waals surface area contributed by atoms with Gasteiger partial charge in [0.1, 0.15) is 49.5 Å². The summed E-state index contributed by atoms with van der Waals surface area (Å²) in [5.74, 6) is -6.01. The average molecular weight is 615 g/mol. The lowest BCUT2D eigenvalue weighted by molar-refractivity contribution is -0.384. The number of aliphatic hydroxyl groups is 4. The third-order valence-electron chi connectivity index (χ3n) is 6.39. The Morgan fingerprint density at radius 3 is 2.12 bits per heavy atom. The van der Waals surface area contributed by atoms with Crippen molar-refractivity contribution in [2.24, 2.45) is 0 Å². The number of phenols is 1. The number of phenolic OH excluding ortho intramolecular Hbond substituents is 1. The molecule has 0 radical (unpaired) electrons. The van der Waals surface area contributed by atoms with Crippen molar-refractivity contribution >= 4 is 30.0 Å². The van der Waals surface area contributed by atoms with Crippen molar-refractivity contribution in [3.8, 4) is 5.75 Å². The maximum Gasteiger partial charge on any atom is 0.331 e. The van der Waals surface area contributed by atoms with Gasteiger partial charge in [0.25, 0.3) is 0 Å². The van der Waals surface area contributed by atoms with Crippen LogP contribution < -0.4 is 0 Å². The van der Waals surface area contributed by atoms with Gasteiger partial charge in [0.2, 0.25) is 12.1 Å². The molecule has 0 saturated carbocycles. The first-order valence-corrected chi connectivity index (χ1v) is 13.0. The van der Waals surface area contributed by atoms with Crippen LogP contribution in [0, 0.1) is 0 Å². The number of carbonyl (C=O) groups is 4. The Morgan fingerprint density at radius 1 is 0.884 bits per heavy atom. The Morgan fingerprint density at radius 2 is 1.53 bits per heavy atom. The maximum atomic E-state index is 12.9. The van der Waals surface area contributed by atoms with Crippen molar-refractivity contribution in [2.45, 2.75) is 75.6 Å². The summed E-state index contributed by atoms with van der Waals surface area (Å²) >= 11 is 0. The van der Waals surface area contributed by atoms with E-state index in [1.165, 1.54) is 30.3 Å². The van der Waals surface area contributed by atoms with Crippen molar-refractivity contribution in [1.29, 1.82) is 0 Å². The number of hydrogen-bond donors (Lipinski definition) is 5. The van der Waals surface area contributed by atoms with Crippen molar-refractivity contribution < 1.29 is 77.9 Å². The van der Waals surface area contributed by atoms with Crippen LogP contribution >= 0.6 is 0 Å². The molecular weight excluding hydrogens is 580 g/mol. The summed E-state index contributed by atoms with van der Waals surface area (Å²) in [7, 11) is 0. The zero-order valence-corrected chi connectivity index (χ0v) is 23.4. The van der Waals surface area contributed by atoms with E-state index in [1.54, 1.807) is 0 Å². The third kappa shape index (κ3) is 8.70. The fourth-order valence-corrected chi connectivity index (χ4v) is 4.37. The molecule has 9 atom stereocenters. The molecule has 0 bridgehead atoms. The molecule has 2 aliphatic heterocycles. The van der Waals surface area contributed by atoms with Crippen molar-refractivity contribution in [3.05, 3.63) is 35.9 Å². The lowest BCUT2D eigenvalue weighted by Crippen LogP contribution is -2.64. The molecule has 43 heavy (non-hydrogen) atoms. The molecular formula is C27H34O16. The summed E-state index contributed by atoms with van der Waals surface area (Å²) < 4.78 is 38.0. The second-order valence-corrected chi connectivity index (χ2v) is 9.72. The van der Waals surface area contributed by atoms with Crippen LogP contribution in [0.15, 0.2) is 30.3 Å². The molecule has 16 nitrogen and oxygen atoms in total. The van der Waals surface area contributed by atoms with Gasteiger partial charge in [0.15, 0.2) is 12.2 Å². The van der Waals surface area contributed by atoms with Gasteiger partial charge >= 0.3 is 23.9 Å². The van der Waals surface area contributed by atoms with Crippen LogP contribution in [0.5, 0.6) is 5.75 Å². The smallest absolute Gasteiger partial charge is 0.331 e. The molecule has 0 spiro atoms. The summed E-state index contributed by atoms with van der Waals surface area (Å²) in [5, 5.41) is 51.2. The molecule has 0 unspecified atom stereocenters. The first kappa shape index (κ1) is 33.9. The molecule has 0 aromatic heterocycles. The topological polar surface area (TPSA) is 234 Å². The maximum absolute atomic E-state index is 12.9. The van der Waals surface area contributed by atoms with E-state index in [1.807, 2.05) is 0 Å². The predicted molar refractivity (Wildman–Crippen MR) is 138 cm³/mol. The number of esters is 4. The minimum atomic E-state index is -2.44. The van der Waals surface area contributed by atoms with E-state index in [4.69, 9.17) is 33.2 Å². The van der Waals surface area contributed by atoms with Gasteiger partial charge in [-0.05, 0) is 23.8 Å².